The second-order valence-corrected chi connectivity index (χ2v) is 14.2. The van der Waals surface area contributed by atoms with Crippen LogP contribution in [0.25, 0.3) is 0 Å². The van der Waals surface area contributed by atoms with Crippen molar-refractivity contribution >= 4 is 29.6 Å². The quantitative estimate of drug-likeness (QED) is 0.412. The molecule has 4 bridgehead atoms. The predicted octanol–water partition coefficient (Wildman–Crippen LogP) is 1.98. The molecule has 1 amide bonds. The van der Waals surface area contributed by atoms with Crippen LogP contribution in [0, 0.1) is 13.8 Å². The Bertz CT molecular complexity index is 1700. The van der Waals surface area contributed by atoms with Crippen LogP contribution >= 0.6 is 0 Å². The largest absolute Gasteiger partial charge is 0.406 e. The molecule has 5 aliphatic rings. The zero-order valence-corrected chi connectivity index (χ0v) is 29.6. The number of fused-ring (bicyclic) bond motifs is 5. The van der Waals surface area contributed by atoms with Gasteiger partial charge in [-0.15, -0.1) is 0 Å². The van der Waals surface area contributed by atoms with Gasteiger partial charge in [-0.3, -0.25) is 19.3 Å². The highest BCUT2D eigenvalue weighted by Gasteiger charge is 2.51. The number of nitrogens with zero attached hydrogens (tertiary/aromatic N) is 4. The van der Waals surface area contributed by atoms with E-state index in [1.165, 1.54) is 4.90 Å². The molecule has 0 spiro atoms. The number of benzene rings is 1. The van der Waals surface area contributed by atoms with Crippen LogP contribution in [0.15, 0.2) is 24.3 Å². The van der Waals surface area contributed by atoms with Crippen molar-refractivity contribution in [1.29, 1.82) is 0 Å². The minimum Gasteiger partial charge on any atom is -0.406 e. The fourth-order valence-corrected chi connectivity index (χ4v) is 7.78. The van der Waals surface area contributed by atoms with E-state index in [1.807, 2.05) is 31.2 Å². The average Bonchev–Trinajstić information content (AvgIpc) is 3.23. The molecule has 5 aliphatic heterocycles. The SMILES string of the molecule is CO[C@H]1C[C@H](NC2CCN(C(=O)c3nc4nc(c3C)N(C3CC(c5ccccc5C)CCO3)C3OC(=O)CC(O)(CC(=O)O4)C(=O)O3)CC2)CCO1. The minimum atomic E-state index is -2.57. The van der Waals surface area contributed by atoms with Crippen molar-refractivity contribution in [1.82, 2.24) is 20.2 Å². The third kappa shape index (κ3) is 7.48. The molecule has 6 atom stereocenters. The number of likely N-dealkylation sites (tertiary alicyclic amines) is 1. The molecule has 7 rings (SSSR count). The van der Waals surface area contributed by atoms with Crippen molar-refractivity contribution in [3.05, 3.63) is 46.6 Å². The summed E-state index contributed by atoms with van der Waals surface area (Å²) in [6.45, 7) is 5.46. The van der Waals surface area contributed by atoms with Crippen molar-refractivity contribution in [3.8, 4) is 6.01 Å². The second kappa shape index (κ2) is 15.0. The first-order valence-electron chi connectivity index (χ1n) is 17.9. The van der Waals surface area contributed by atoms with Gasteiger partial charge in [0.15, 0.2) is 11.9 Å². The summed E-state index contributed by atoms with van der Waals surface area (Å²) < 4.78 is 34.0. The molecule has 4 fully saturated rings. The molecule has 2 aromatic rings. The van der Waals surface area contributed by atoms with Crippen molar-refractivity contribution in [2.45, 2.75) is 108 Å². The summed E-state index contributed by atoms with van der Waals surface area (Å²) in [7, 11) is 1.63. The monoisotopic (exact) mass is 723 g/mol. The van der Waals surface area contributed by atoms with Gasteiger partial charge in [0.2, 0.25) is 0 Å². The maximum atomic E-state index is 14.3. The van der Waals surface area contributed by atoms with Gasteiger partial charge in [-0.05, 0) is 63.0 Å². The lowest BCUT2D eigenvalue weighted by Crippen LogP contribution is -2.52. The summed E-state index contributed by atoms with van der Waals surface area (Å²) in [5, 5.41) is 14.9. The summed E-state index contributed by atoms with van der Waals surface area (Å²) in [6, 6.07) is 7.97. The normalized spacial score (nSPS) is 30.2. The molecule has 4 saturated heterocycles. The Labute approximate surface area is 301 Å². The van der Waals surface area contributed by atoms with E-state index in [1.54, 1.807) is 18.9 Å². The number of hydrogen-bond donors (Lipinski definition) is 2. The number of carbonyl (C=O) groups is 4. The first-order chi connectivity index (χ1) is 25.0. The lowest BCUT2D eigenvalue weighted by atomic mass is 9.87. The molecule has 16 nitrogen and oxygen atoms in total. The number of nitrogens with one attached hydrogen (secondary N) is 1. The topological polar surface area (TPSA) is 188 Å². The molecule has 280 valence electrons. The average molecular weight is 724 g/mol. The number of piperidine rings is 1. The van der Waals surface area contributed by atoms with Crippen molar-refractivity contribution < 1.29 is 52.7 Å². The number of methoxy groups -OCH3 is 1. The highest BCUT2D eigenvalue weighted by Crippen LogP contribution is 2.39. The minimum absolute atomic E-state index is 0.00390. The smallest absolute Gasteiger partial charge is 0.343 e. The standard InChI is InChI=1S/C36H45N5O11/c1-20-6-4-5-7-25(20)22-10-14-48-26(16-22)41-31-21(2)30(32(44)40-12-8-23(9-13-40)37-24-11-15-49-29(17-24)47-3)38-34(39-31)50-27(42)18-36(46)19-28(43)51-35(41)52-33(36)45/h4-7,22-24,26,29,35,37,46H,8-19H2,1-3H3/t22?,24-,26?,29-,35?,36?/m1/s1. The number of aliphatic hydroxyl groups is 1. The van der Waals surface area contributed by atoms with Gasteiger partial charge in [-0.2, -0.15) is 9.97 Å². The van der Waals surface area contributed by atoms with E-state index in [0.29, 0.717) is 52.0 Å². The zero-order chi connectivity index (χ0) is 36.6. The molecule has 2 N–H and O–H groups in total. The number of aromatic nitrogens is 2. The zero-order valence-electron chi connectivity index (χ0n) is 29.6. The predicted molar refractivity (Wildman–Crippen MR) is 180 cm³/mol. The van der Waals surface area contributed by atoms with Gasteiger partial charge >= 0.3 is 30.3 Å². The Balaban J connectivity index is 1.21. The first kappa shape index (κ1) is 36.2. The van der Waals surface area contributed by atoms with Crippen molar-refractivity contribution in [2.24, 2.45) is 0 Å². The maximum absolute atomic E-state index is 14.3. The van der Waals surface area contributed by atoms with Crippen LogP contribution in [0.1, 0.15) is 84.5 Å². The molecule has 6 heterocycles. The number of amides is 1. The second-order valence-electron chi connectivity index (χ2n) is 14.2. The van der Waals surface area contributed by atoms with E-state index in [0.717, 1.165) is 24.0 Å². The molecule has 52 heavy (non-hydrogen) atoms. The van der Waals surface area contributed by atoms with E-state index >= 15 is 0 Å². The summed E-state index contributed by atoms with van der Waals surface area (Å²) >= 11 is 0. The van der Waals surface area contributed by atoms with E-state index in [4.69, 9.17) is 28.4 Å². The van der Waals surface area contributed by atoms with Gasteiger partial charge in [0.05, 0.1) is 19.4 Å². The van der Waals surface area contributed by atoms with E-state index in [-0.39, 0.29) is 41.4 Å². The number of rotatable bonds is 6. The molecule has 0 saturated carbocycles. The van der Waals surface area contributed by atoms with E-state index in [2.05, 4.69) is 15.3 Å². The number of ether oxygens (including phenoxy) is 6. The number of hydrogen-bond acceptors (Lipinski definition) is 15. The van der Waals surface area contributed by atoms with Crippen LogP contribution in [-0.2, 0) is 38.1 Å². The lowest BCUT2D eigenvalue weighted by molar-refractivity contribution is -0.193. The van der Waals surface area contributed by atoms with Crippen LogP contribution in [0.5, 0.6) is 6.01 Å². The van der Waals surface area contributed by atoms with Gasteiger partial charge in [0.25, 0.3) is 5.91 Å². The Kier molecular flexibility index (Phi) is 10.4. The fraction of sp³-hybridized carbons (Fsp3) is 0.611. The van der Waals surface area contributed by atoms with E-state index in [9.17, 15) is 24.3 Å². The molecule has 4 unspecified atom stereocenters. The van der Waals surface area contributed by atoms with Crippen LogP contribution < -0.4 is 15.0 Å². The molecule has 0 radical (unpaired) electrons. The molecular weight excluding hydrogens is 678 g/mol. The van der Waals surface area contributed by atoms with Gasteiger partial charge in [0.1, 0.15) is 17.7 Å². The van der Waals surface area contributed by atoms with Crippen LogP contribution in [0.4, 0.5) is 5.82 Å². The number of anilines is 1. The van der Waals surface area contributed by atoms with E-state index < -0.39 is 60.9 Å². The van der Waals surface area contributed by atoms with Crippen LogP contribution in [0.2, 0.25) is 0 Å². The molecule has 1 aromatic heterocycles. The van der Waals surface area contributed by atoms with Gasteiger partial charge in [-0.1, -0.05) is 24.3 Å². The van der Waals surface area contributed by atoms with Gasteiger partial charge in [-0.25, -0.2) is 4.79 Å². The van der Waals surface area contributed by atoms with Gasteiger partial charge in [0, 0.05) is 50.9 Å². The van der Waals surface area contributed by atoms with Crippen LogP contribution in [0.3, 0.4) is 0 Å². The molecule has 1 aromatic carbocycles. The highest BCUT2D eigenvalue weighted by atomic mass is 16.7. The third-order valence-corrected chi connectivity index (χ3v) is 10.6. The summed E-state index contributed by atoms with van der Waals surface area (Å²) in [5.41, 5.74) is -0.134. The lowest BCUT2D eigenvalue weighted by Gasteiger charge is -2.41. The first-order valence-corrected chi connectivity index (χ1v) is 17.9. The number of aryl methyl sites for hydroxylation is 1. The van der Waals surface area contributed by atoms with Crippen molar-refractivity contribution in [3.63, 3.8) is 0 Å². The molecule has 16 heteroatoms. The highest BCUT2D eigenvalue weighted by molar-refractivity contribution is 5.96. The number of esters is 3. The molecular formula is C36H45N5O11. The van der Waals surface area contributed by atoms with Crippen LogP contribution in [-0.4, -0.2) is 114 Å². The maximum Gasteiger partial charge on any atom is 0.343 e. The van der Waals surface area contributed by atoms with Crippen molar-refractivity contribution in [2.75, 3.05) is 38.3 Å². The Morgan fingerprint density at radius 1 is 0.942 bits per heavy atom. The summed E-state index contributed by atoms with van der Waals surface area (Å²) in [5.74, 6) is -3.72. The fourth-order valence-electron chi connectivity index (χ4n) is 7.78. The Morgan fingerprint density at radius 2 is 1.69 bits per heavy atom. The van der Waals surface area contributed by atoms with Gasteiger partial charge < -0.3 is 43.7 Å². The third-order valence-electron chi connectivity index (χ3n) is 10.6. The summed E-state index contributed by atoms with van der Waals surface area (Å²) in [6.07, 6.45) is -0.570. The molecule has 0 aliphatic carbocycles. The Hall–Kier alpha value is -4.22. The Morgan fingerprint density at radius 3 is 2.46 bits per heavy atom. The summed E-state index contributed by atoms with van der Waals surface area (Å²) in [4.78, 5) is 65.9. The number of carbonyl (C=O) groups excluding carboxylic acids is 4.